The lowest BCUT2D eigenvalue weighted by atomic mass is 9.82. The minimum Gasteiger partial charge on any atom is -0.228 e. The number of thiophene rings is 1. The van der Waals surface area contributed by atoms with Crippen LogP contribution in [0.2, 0.25) is 0 Å². The Morgan fingerprint density at radius 3 is 1.91 bits per heavy atom. The topological polar surface area (TPSA) is 25.8 Å². The smallest absolute Gasteiger partial charge is 0.160 e. The summed E-state index contributed by atoms with van der Waals surface area (Å²) in [5.41, 5.74) is 14.8. The third-order valence-corrected chi connectivity index (χ3v) is 12.9. The standard InChI is InChI=1S/C53H36N2S/c1-53(2)44-25-12-11-21-41(44)49-42(23-14-26-45(49)53)47-32-46(54-52(55-47)35-18-7-4-8-19-35)38-30-36(33-15-5-3-6-16-33)29-37(31-38)40-22-13-24-43-50-39-20-10-9-17-34(39)27-28-48(50)56-51(40)43/h3-32H,1-2H3. The lowest BCUT2D eigenvalue weighted by molar-refractivity contribution is 0.660. The third-order valence-electron chi connectivity index (χ3n) is 11.7. The van der Waals surface area contributed by atoms with Gasteiger partial charge in [-0.25, -0.2) is 9.97 Å². The van der Waals surface area contributed by atoms with E-state index in [0.717, 1.165) is 33.6 Å². The molecule has 1 aliphatic carbocycles. The first-order valence-electron chi connectivity index (χ1n) is 19.2. The molecular formula is C53H36N2S. The van der Waals surface area contributed by atoms with Crippen molar-refractivity contribution in [1.82, 2.24) is 9.97 Å². The SMILES string of the molecule is CC1(C)c2ccccc2-c2c(-c3cc(-c4cc(-c5ccccc5)cc(-c5cccc6c5sc5ccc7ccccc7c56)c4)nc(-c4ccccc4)n3)cccc21. The van der Waals surface area contributed by atoms with Crippen molar-refractivity contribution in [1.29, 1.82) is 0 Å². The van der Waals surface area contributed by atoms with E-state index in [4.69, 9.17) is 9.97 Å². The van der Waals surface area contributed by atoms with Gasteiger partial charge in [0, 0.05) is 42.3 Å². The van der Waals surface area contributed by atoms with Crippen molar-refractivity contribution in [3.05, 3.63) is 193 Å². The van der Waals surface area contributed by atoms with E-state index >= 15 is 0 Å². The van der Waals surface area contributed by atoms with Crippen LogP contribution in [0.25, 0.3) is 98.2 Å². The van der Waals surface area contributed by atoms with E-state index in [1.165, 1.54) is 69.9 Å². The molecule has 0 saturated heterocycles. The zero-order chi connectivity index (χ0) is 37.4. The summed E-state index contributed by atoms with van der Waals surface area (Å²) < 4.78 is 2.60. The number of fused-ring (bicyclic) bond motifs is 8. The van der Waals surface area contributed by atoms with Crippen LogP contribution >= 0.6 is 11.3 Å². The van der Waals surface area contributed by atoms with Gasteiger partial charge < -0.3 is 0 Å². The van der Waals surface area contributed by atoms with Crippen LogP contribution in [-0.4, -0.2) is 9.97 Å². The van der Waals surface area contributed by atoms with Gasteiger partial charge in [-0.05, 0) is 85.6 Å². The van der Waals surface area contributed by atoms with Crippen LogP contribution in [0.4, 0.5) is 0 Å². The average Bonchev–Trinajstić information content (AvgIpc) is 3.76. The lowest BCUT2D eigenvalue weighted by Crippen LogP contribution is -2.14. The Hall–Kier alpha value is -6.68. The fourth-order valence-corrected chi connectivity index (χ4v) is 10.2. The fourth-order valence-electron chi connectivity index (χ4n) is 8.94. The molecule has 1 aliphatic rings. The van der Waals surface area contributed by atoms with Gasteiger partial charge in [-0.15, -0.1) is 11.3 Å². The highest BCUT2D eigenvalue weighted by atomic mass is 32.1. The van der Waals surface area contributed by atoms with E-state index < -0.39 is 0 Å². The van der Waals surface area contributed by atoms with Crippen LogP contribution in [0.5, 0.6) is 0 Å². The molecule has 11 rings (SSSR count). The predicted molar refractivity (Wildman–Crippen MR) is 237 cm³/mol. The Bertz CT molecular complexity index is 3160. The Balaban J connectivity index is 1.17. The molecule has 0 radical (unpaired) electrons. The number of nitrogens with zero attached hydrogens (tertiary/aromatic N) is 2. The molecule has 2 nitrogen and oxygen atoms in total. The van der Waals surface area contributed by atoms with Gasteiger partial charge in [0.05, 0.1) is 11.4 Å². The molecule has 0 fully saturated rings. The van der Waals surface area contributed by atoms with Crippen LogP contribution in [-0.2, 0) is 5.41 Å². The number of rotatable bonds is 5. The van der Waals surface area contributed by atoms with Crippen LogP contribution in [0.3, 0.4) is 0 Å². The summed E-state index contributed by atoms with van der Waals surface area (Å²) in [5, 5.41) is 5.19. The van der Waals surface area contributed by atoms with E-state index in [1.807, 2.05) is 17.4 Å². The molecule has 56 heavy (non-hydrogen) atoms. The van der Waals surface area contributed by atoms with Crippen molar-refractivity contribution >= 4 is 42.3 Å². The van der Waals surface area contributed by atoms with Crippen molar-refractivity contribution in [3.8, 4) is 67.3 Å². The van der Waals surface area contributed by atoms with Crippen molar-refractivity contribution in [3.63, 3.8) is 0 Å². The first-order valence-corrected chi connectivity index (χ1v) is 20.1. The highest BCUT2D eigenvalue weighted by Gasteiger charge is 2.36. The molecule has 2 heterocycles. The third kappa shape index (κ3) is 5.16. The first kappa shape index (κ1) is 32.7. The van der Waals surface area contributed by atoms with Gasteiger partial charge in [0.2, 0.25) is 0 Å². The van der Waals surface area contributed by atoms with Crippen LogP contribution in [0.1, 0.15) is 25.0 Å². The Morgan fingerprint density at radius 1 is 0.429 bits per heavy atom. The average molecular weight is 733 g/mol. The van der Waals surface area contributed by atoms with Crippen LogP contribution < -0.4 is 0 Å². The summed E-state index contributed by atoms with van der Waals surface area (Å²) >= 11 is 1.88. The molecule has 264 valence electrons. The van der Waals surface area contributed by atoms with Crippen molar-refractivity contribution in [2.24, 2.45) is 0 Å². The van der Waals surface area contributed by atoms with Gasteiger partial charge in [-0.1, -0.05) is 166 Å². The Labute approximate surface area is 330 Å². The molecule has 0 atom stereocenters. The second kappa shape index (κ2) is 12.7. The molecule has 8 aromatic carbocycles. The van der Waals surface area contributed by atoms with Gasteiger partial charge >= 0.3 is 0 Å². The fraction of sp³-hybridized carbons (Fsp3) is 0.0566. The van der Waals surface area contributed by atoms with Crippen molar-refractivity contribution in [2.75, 3.05) is 0 Å². The minimum absolute atomic E-state index is 0.112. The zero-order valence-corrected chi connectivity index (χ0v) is 31.9. The molecule has 2 aromatic heterocycles. The summed E-state index contributed by atoms with van der Waals surface area (Å²) in [6.45, 7) is 4.66. The Morgan fingerprint density at radius 2 is 1.05 bits per heavy atom. The Kier molecular flexibility index (Phi) is 7.42. The summed E-state index contributed by atoms with van der Waals surface area (Å²) in [7, 11) is 0. The van der Waals surface area contributed by atoms with Crippen molar-refractivity contribution < 1.29 is 0 Å². The second-order valence-electron chi connectivity index (χ2n) is 15.3. The van der Waals surface area contributed by atoms with Gasteiger partial charge in [-0.3, -0.25) is 0 Å². The molecule has 0 amide bonds. The highest BCUT2D eigenvalue weighted by molar-refractivity contribution is 7.26. The summed E-state index contributed by atoms with van der Waals surface area (Å²) in [5.74, 6) is 0.714. The maximum atomic E-state index is 5.36. The molecule has 10 aromatic rings. The zero-order valence-electron chi connectivity index (χ0n) is 31.1. The molecule has 3 heteroatoms. The van der Waals surface area contributed by atoms with Gasteiger partial charge in [-0.2, -0.15) is 0 Å². The quantitative estimate of drug-likeness (QED) is 0.176. The number of benzene rings is 8. The predicted octanol–water partition coefficient (Wildman–Crippen LogP) is 14.6. The molecule has 0 aliphatic heterocycles. The number of hydrogen-bond acceptors (Lipinski definition) is 3. The normalized spacial score (nSPS) is 13.0. The molecule has 0 saturated carbocycles. The maximum Gasteiger partial charge on any atom is 0.160 e. The number of aromatic nitrogens is 2. The van der Waals surface area contributed by atoms with Crippen LogP contribution in [0.15, 0.2) is 182 Å². The summed E-state index contributed by atoms with van der Waals surface area (Å²) in [6, 6.07) is 65.9. The van der Waals surface area contributed by atoms with E-state index in [2.05, 4.69) is 190 Å². The van der Waals surface area contributed by atoms with E-state index in [9.17, 15) is 0 Å². The largest absolute Gasteiger partial charge is 0.228 e. The van der Waals surface area contributed by atoms with Gasteiger partial charge in [0.15, 0.2) is 5.82 Å². The first-order chi connectivity index (χ1) is 27.5. The second-order valence-corrected chi connectivity index (χ2v) is 16.4. The van der Waals surface area contributed by atoms with Crippen LogP contribution in [0, 0.1) is 0 Å². The molecular weight excluding hydrogens is 697 g/mol. The van der Waals surface area contributed by atoms with Crippen molar-refractivity contribution in [2.45, 2.75) is 19.3 Å². The van der Waals surface area contributed by atoms with Gasteiger partial charge in [0.1, 0.15) is 0 Å². The summed E-state index contributed by atoms with van der Waals surface area (Å²) in [4.78, 5) is 10.7. The number of hydrogen-bond donors (Lipinski definition) is 0. The van der Waals surface area contributed by atoms with E-state index in [1.54, 1.807) is 0 Å². The minimum atomic E-state index is -0.112. The molecule has 0 spiro atoms. The lowest BCUT2D eigenvalue weighted by Gasteiger charge is -2.21. The molecule has 0 unspecified atom stereocenters. The molecule has 0 bridgehead atoms. The van der Waals surface area contributed by atoms with E-state index in [0.29, 0.717) is 5.82 Å². The monoisotopic (exact) mass is 732 g/mol. The highest BCUT2D eigenvalue weighted by Crippen LogP contribution is 2.52. The van der Waals surface area contributed by atoms with Gasteiger partial charge in [0.25, 0.3) is 0 Å². The van der Waals surface area contributed by atoms with E-state index in [-0.39, 0.29) is 5.41 Å². The summed E-state index contributed by atoms with van der Waals surface area (Å²) in [6.07, 6.45) is 0. The molecule has 0 N–H and O–H groups in total. The maximum absolute atomic E-state index is 5.36.